The number of hydrogen-bond acceptors (Lipinski definition) is 5. The number of benzene rings is 2. The highest BCUT2D eigenvalue weighted by atomic mass is 32.2. The third kappa shape index (κ3) is 3.01. The van der Waals surface area contributed by atoms with Crippen LogP contribution in [0.15, 0.2) is 41.3 Å². The SMILES string of the molecule is COc1ccc(Nc2c(N)cc(S(=O)O)cc2N)cc1. The Morgan fingerprint density at radius 3 is 2.15 bits per heavy atom. The van der Waals surface area contributed by atoms with Gasteiger partial charge in [-0.25, -0.2) is 4.21 Å². The van der Waals surface area contributed by atoms with E-state index in [1.807, 2.05) is 12.1 Å². The largest absolute Gasteiger partial charge is 0.497 e. The van der Waals surface area contributed by atoms with Crippen molar-refractivity contribution in [3.8, 4) is 5.75 Å². The van der Waals surface area contributed by atoms with Crippen molar-refractivity contribution in [3.05, 3.63) is 36.4 Å². The van der Waals surface area contributed by atoms with E-state index in [0.29, 0.717) is 17.1 Å². The van der Waals surface area contributed by atoms with Crippen LogP contribution in [0.2, 0.25) is 0 Å². The first-order chi connectivity index (χ1) is 9.51. The number of anilines is 4. The molecule has 0 aliphatic carbocycles. The molecule has 0 aliphatic heterocycles. The Morgan fingerprint density at radius 1 is 1.15 bits per heavy atom. The smallest absolute Gasteiger partial charge is 0.186 e. The predicted molar refractivity (Wildman–Crippen MR) is 80.6 cm³/mol. The molecule has 0 spiro atoms. The molecule has 2 rings (SSSR count). The molecule has 106 valence electrons. The highest BCUT2D eigenvalue weighted by Gasteiger charge is 2.10. The zero-order chi connectivity index (χ0) is 14.7. The first-order valence-electron chi connectivity index (χ1n) is 5.72. The minimum absolute atomic E-state index is 0.167. The van der Waals surface area contributed by atoms with Crippen LogP contribution in [-0.4, -0.2) is 15.9 Å². The van der Waals surface area contributed by atoms with Gasteiger partial charge in [-0.05, 0) is 36.4 Å². The maximum absolute atomic E-state index is 11.0. The number of ether oxygens (including phenoxy) is 1. The van der Waals surface area contributed by atoms with Crippen LogP contribution in [0.25, 0.3) is 0 Å². The van der Waals surface area contributed by atoms with Crippen LogP contribution in [0.1, 0.15) is 0 Å². The van der Waals surface area contributed by atoms with Crippen molar-refractivity contribution in [2.24, 2.45) is 0 Å². The molecule has 0 aromatic heterocycles. The van der Waals surface area contributed by atoms with Crippen molar-refractivity contribution in [2.45, 2.75) is 4.90 Å². The average molecular weight is 293 g/mol. The standard InChI is InChI=1S/C13H15N3O3S/c1-19-9-4-2-8(3-5-9)16-13-11(14)6-10(20(17)18)7-12(13)15/h2-7,16H,14-15H2,1H3,(H,17,18). The average Bonchev–Trinajstić information content (AvgIpc) is 2.43. The summed E-state index contributed by atoms with van der Waals surface area (Å²) in [4.78, 5) is 0.167. The van der Waals surface area contributed by atoms with E-state index in [0.717, 1.165) is 11.4 Å². The predicted octanol–water partition coefficient (Wildman–Crippen LogP) is 2.18. The Labute approximate surface area is 119 Å². The summed E-state index contributed by atoms with van der Waals surface area (Å²) < 4.78 is 25.1. The first-order valence-corrected chi connectivity index (χ1v) is 6.83. The summed E-state index contributed by atoms with van der Waals surface area (Å²) in [5.41, 5.74) is 13.6. The van der Waals surface area contributed by atoms with Crippen LogP contribution in [0, 0.1) is 0 Å². The molecule has 0 aliphatic rings. The molecular weight excluding hydrogens is 278 g/mol. The molecule has 2 aromatic rings. The Balaban J connectivity index is 2.30. The van der Waals surface area contributed by atoms with E-state index in [1.165, 1.54) is 12.1 Å². The monoisotopic (exact) mass is 293 g/mol. The number of nitrogen functional groups attached to an aromatic ring is 2. The zero-order valence-electron chi connectivity index (χ0n) is 10.8. The zero-order valence-corrected chi connectivity index (χ0v) is 11.6. The summed E-state index contributed by atoms with van der Waals surface area (Å²) in [6.07, 6.45) is 0. The maximum Gasteiger partial charge on any atom is 0.186 e. The molecule has 1 unspecified atom stereocenters. The number of nitrogens with one attached hydrogen (secondary N) is 1. The second kappa shape index (κ2) is 5.81. The molecule has 1 atom stereocenters. The summed E-state index contributed by atoms with van der Waals surface area (Å²) in [5.74, 6) is 0.738. The molecule has 2 aromatic carbocycles. The number of rotatable bonds is 4. The van der Waals surface area contributed by atoms with Crippen LogP contribution < -0.4 is 21.5 Å². The van der Waals surface area contributed by atoms with E-state index in [-0.39, 0.29) is 4.90 Å². The number of hydrogen-bond donors (Lipinski definition) is 4. The van der Waals surface area contributed by atoms with Crippen LogP contribution in [-0.2, 0) is 11.1 Å². The lowest BCUT2D eigenvalue weighted by atomic mass is 10.2. The van der Waals surface area contributed by atoms with Gasteiger partial charge in [0.1, 0.15) is 5.75 Å². The van der Waals surface area contributed by atoms with Gasteiger partial charge in [-0.2, -0.15) is 0 Å². The molecule has 6 nitrogen and oxygen atoms in total. The lowest BCUT2D eigenvalue weighted by molar-refractivity contribution is 0.415. The van der Waals surface area contributed by atoms with E-state index in [4.69, 9.17) is 20.8 Å². The lowest BCUT2D eigenvalue weighted by Gasteiger charge is -2.13. The van der Waals surface area contributed by atoms with E-state index in [1.54, 1.807) is 19.2 Å². The van der Waals surface area contributed by atoms with Gasteiger partial charge in [-0.15, -0.1) is 0 Å². The van der Waals surface area contributed by atoms with Crippen molar-refractivity contribution in [1.29, 1.82) is 0 Å². The van der Waals surface area contributed by atoms with Gasteiger partial charge in [0.25, 0.3) is 0 Å². The van der Waals surface area contributed by atoms with Crippen molar-refractivity contribution >= 4 is 33.8 Å². The van der Waals surface area contributed by atoms with Crippen molar-refractivity contribution in [1.82, 2.24) is 0 Å². The van der Waals surface area contributed by atoms with Crippen molar-refractivity contribution in [2.75, 3.05) is 23.9 Å². The summed E-state index contributed by atoms with van der Waals surface area (Å²) in [7, 11) is 1.59. The molecule has 0 fully saturated rings. The topological polar surface area (TPSA) is 111 Å². The molecule has 6 N–H and O–H groups in total. The van der Waals surface area contributed by atoms with Crippen LogP contribution in [0.5, 0.6) is 5.75 Å². The molecular formula is C13H15N3O3S. The highest BCUT2D eigenvalue weighted by molar-refractivity contribution is 7.79. The Bertz CT molecular complexity index is 621. The van der Waals surface area contributed by atoms with Gasteiger partial charge in [-0.1, -0.05) is 0 Å². The maximum atomic E-state index is 11.0. The third-order valence-corrected chi connectivity index (χ3v) is 3.37. The Hall–Kier alpha value is -2.25. The van der Waals surface area contributed by atoms with Gasteiger partial charge >= 0.3 is 0 Å². The van der Waals surface area contributed by atoms with Gasteiger partial charge in [-0.3, -0.25) is 0 Å². The normalized spacial score (nSPS) is 11.9. The molecule has 0 amide bonds. The van der Waals surface area contributed by atoms with Gasteiger partial charge in [0, 0.05) is 5.69 Å². The molecule has 7 heteroatoms. The van der Waals surface area contributed by atoms with Crippen LogP contribution in [0.4, 0.5) is 22.7 Å². The summed E-state index contributed by atoms with van der Waals surface area (Å²) in [6.45, 7) is 0. The second-order valence-corrected chi connectivity index (χ2v) is 5.05. The number of methoxy groups -OCH3 is 1. The molecule has 0 saturated carbocycles. The molecule has 0 radical (unpaired) electrons. The van der Waals surface area contributed by atoms with Gasteiger partial charge in [0.05, 0.1) is 29.1 Å². The van der Waals surface area contributed by atoms with E-state index < -0.39 is 11.1 Å². The van der Waals surface area contributed by atoms with Gasteiger partial charge in [0.15, 0.2) is 11.1 Å². The summed E-state index contributed by atoms with van der Waals surface area (Å²) >= 11 is -2.11. The molecule has 0 heterocycles. The van der Waals surface area contributed by atoms with E-state index in [2.05, 4.69) is 5.32 Å². The molecule has 20 heavy (non-hydrogen) atoms. The molecule has 0 bridgehead atoms. The first kappa shape index (κ1) is 14.2. The van der Waals surface area contributed by atoms with Crippen LogP contribution in [0.3, 0.4) is 0 Å². The molecule has 0 saturated heterocycles. The fraction of sp³-hybridized carbons (Fsp3) is 0.0769. The third-order valence-electron chi connectivity index (χ3n) is 2.73. The minimum Gasteiger partial charge on any atom is -0.497 e. The number of nitrogens with two attached hydrogens (primary N) is 2. The minimum atomic E-state index is -2.11. The Morgan fingerprint density at radius 2 is 1.70 bits per heavy atom. The fourth-order valence-electron chi connectivity index (χ4n) is 1.72. The Kier molecular flexibility index (Phi) is 4.11. The van der Waals surface area contributed by atoms with E-state index >= 15 is 0 Å². The van der Waals surface area contributed by atoms with Gasteiger partial charge in [0.2, 0.25) is 0 Å². The second-order valence-electron chi connectivity index (χ2n) is 4.08. The van der Waals surface area contributed by atoms with E-state index in [9.17, 15) is 4.21 Å². The van der Waals surface area contributed by atoms with Crippen molar-refractivity contribution < 1.29 is 13.5 Å². The fourth-order valence-corrected chi connectivity index (χ4v) is 2.18. The van der Waals surface area contributed by atoms with Gasteiger partial charge < -0.3 is 26.1 Å². The van der Waals surface area contributed by atoms with Crippen LogP contribution >= 0.6 is 0 Å². The summed E-state index contributed by atoms with van der Waals surface area (Å²) in [5, 5.41) is 3.07. The lowest BCUT2D eigenvalue weighted by Crippen LogP contribution is -2.03. The quantitative estimate of drug-likeness (QED) is 0.508. The van der Waals surface area contributed by atoms with Crippen molar-refractivity contribution in [3.63, 3.8) is 0 Å². The highest BCUT2D eigenvalue weighted by Crippen LogP contribution is 2.32. The summed E-state index contributed by atoms with van der Waals surface area (Å²) in [6, 6.07) is 10.1.